The maximum absolute atomic E-state index is 11.9. The van der Waals surface area contributed by atoms with Crippen molar-refractivity contribution in [1.29, 1.82) is 0 Å². The Kier molecular flexibility index (Phi) is 5.32. The zero-order chi connectivity index (χ0) is 16.8. The van der Waals surface area contributed by atoms with Crippen LogP contribution in [0, 0.1) is 10.1 Å². The van der Waals surface area contributed by atoms with Crippen molar-refractivity contribution >= 4 is 35.0 Å². The number of benzene rings is 2. The maximum atomic E-state index is 11.9. The molecule has 0 unspecified atom stereocenters. The van der Waals surface area contributed by atoms with E-state index in [-0.39, 0.29) is 11.4 Å². The quantitative estimate of drug-likeness (QED) is 0.511. The van der Waals surface area contributed by atoms with Crippen molar-refractivity contribution in [3.8, 4) is 5.75 Å². The zero-order valence-corrected chi connectivity index (χ0v) is 12.9. The fourth-order valence-corrected chi connectivity index (χ4v) is 2.05. The Morgan fingerprint density at radius 2 is 2.09 bits per heavy atom. The predicted molar refractivity (Wildman–Crippen MR) is 88.8 cm³/mol. The SMILES string of the molecule is COc1ccc(NC(=O)C=Cc2cccc(Cl)c2)c([N+](=O)[O-])c1. The van der Waals surface area contributed by atoms with Crippen molar-refractivity contribution in [3.05, 3.63) is 69.2 Å². The lowest BCUT2D eigenvalue weighted by atomic mass is 10.2. The largest absolute Gasteiger partial charge is 0.496 e. The Morgan fingerprint density at radius 3 is 2.74 bits per heavy atom. The van der Waals surface area contributed by atoms with Crippen LogP contribution in [-0.2, 0) is 4.79 Å². The van der Waals surface area contributed by atoms with Crippen molar-refractivity contribution in [2.45, 2.75) is 0 Å². The number of nitrogens with one attached hydrogen (secondary N) is 1. The molecule has 2 aromatic rings. The van der Waals surface area contributed by atoms with Crippen LogP contribution >= 0.6 is 11.6 Å². The molecule has 1 N–H and O–H groups in total. The summed E-state index contributed by atoms with van der Waals surface area (Å²) in [5.74, 6) is -0.151. The van der Waals surface area contributed by atoms with Gasteiger partial charge < -0.3 is 10.1 Å². The number of hydrogen-bond acceptors (Lipinski definition) is 4. The highest BCUT2D eigenvalue weighted by molar-refractivity contribution is 6.30. The average molecular weight is 333 g/mol. The van der Waals surface area contributed by atoms with E-state index in [2.05, 4.69) is 5.32 Å². The summed E-state index contributed by atoms with van der Waals surface area (Å²) < 4.78 is 4.94. The van der Waals surface area contributed by atoms with Gasteiger partial charge in [0.2, 0.25) is 5.91 Å². The van der Waals surface area contributed by atoms with E-state index in [1.807, 2.05) is 0 Å². The average Bonchev–Trinajstić information content (AvgIpc) is 2.53. The Morgan fingerprint density at radius 1 is 1.30 bits per heavy atom. The fraction of sp³-hybridized carbons (Fsp3) is 0.0625. The molecule has 0 aliphatic carbocycles. The number of nitro benzene ring substituents is 1. The Bertz CT molecular complexity index is 774. The highest BCUT2D eigenvalue weighted by Crippen LogP contribution is 2.28. The van der Waals surface area contributed by atoms with E-state index in [4.69, 9.17) is 16.3 Å². The smallest absolute Gasteiger partial charge is 0.296 e. The van der Waals surface area contributed by atoms with Crippen LogP contribution in [0.5, 0.6) is 5.75 Å². The number of methoxy groups -OCH3 is 1. The van der Waals surface area contributed by atoms with Gasteiger partial charge >= 0.3 is 0 Å². The number of anilines is 1. The summed E-state index contributed by atoms with van der Waals surface area (Å²) in [5.41, 5.74) is 0.599. The van der Waals surface area contributed by atoms with E-state index in [0.29, 0.717) is 10.8 Å². The number of hydrogen-bond donors (Lipinski definition) is 1. The third-order valence-corrected chi connectivity index (χ3v) is 3.17. The number of nitro groups is 1. The van der Waals surface area contributed by atoms with Crippen LogP contribution in [0.4, 0.5) is 11.4 Å². The van der Waals surface area contributed by atoms with E-state index in [9.17, 15) is 14.9 Å². The number of carbonyl (C=O) groups excluding carboxylic acids is 1. The minimum absolute atomic E-state index is 0.0940. The van der Waals surface area contributed by atoms with Gasteiger partial charge in [-0.3, -0.25) is 14.9 Å². The standard InChI is InChI=1S/C16H13ClN2O4/c1-23-13-6-7-14(15(10-13)19(21)22)18-16(20)8-5-11-3-2-4-12(17)9-11/h2-10H,1H3,(H,18,20). The van der Waals surface area contributed by atoms with Crippen molar-refractivity contribution in [3.63, 3.8) is 0 Å². The van der Waals surface area contributed by atoms with Crippen LogP contribution in [-0.4, -0.2) is 17.9 Å². The topological polar surface area (TPSA) is 81.5 Å². The molecule has 0 fully saturated rings. The van der Waals surface area contributed by atoms with E-state index < -0.39 is 10.8 Å². The summed E-state index contributed by atoms with van der Waals surface area (Å²) in [7, 11) is 1.41. The van der Waals surface area contributed by atoms with Crippen molar-refractivity contribution in [2.24, 2.45) is 0 Å². The molecule has 1 amide bonds. The van der Waals surface area contributed by atoms with Gasteiger partial charge in [0.1, 0.15) is 11.4 Å². The minimum atomic E-state index is -0.585. The molecule has 7 heteroatoms. The summed E-state index contributed by atoms with van der Waals surface area (Å²) in [6.45, 7) is 0. The van der Waals surface area contributed by atoms with Crippen LogP contribution in [0.1, 0.15) is 5.56 Å². The number of carbonyl (C=O) groups is 1. The van der Waals surface area contributed by atoms with Crippen molar-refractivity contribution < 1.29 is 14.5 Å². The normalized spacial score (nSPS) is 10.5. The predicted octanol–water partition coefficient (Wildman–Crippen LogP) is 3.91. The highest BCUT2D eigenvalue weighted by Gasteiger charge is 2.16. The first-order valence-electron chi connectivity index (χ1n) is 6.56. The van der Waals surface area contributed by atoms with E-state index in [0.717, 1.165) is 5.56 Å². The van der Waals surface area contributed by atoms with Gasteiger partial charge in [0.05, 0.1) is 18.1 Å². The zero-order valence-electron chi connectivity index (χ0n) is 12.2. The van der Waals surface area contributed by atoms with Crippen LogP contribution in [0.3, 0.4) is 0 Å². The molecule has 0 aliphatic rings. The Labute approximate surface area is 137 Å². The summed E-state index contributed by atoms with van der Waals surface area (Å²) in [5, 5.41) is 14.1. The van der Waals surface area contributed by atoms with Gasteiger partial charge in [0.15, 0.2) is 0 Å². The van der Waals surface area contributed by atoms with Crippen molar-refractivity contribution in [1.82, 2.24) is 0 Å². The molecule has 0 atom stereocenters. The molecule has 0 saturated heterocycles. The lowest BCUT2D eigenvalue weighted by Crippen LogP contribution is -2.09. The van der Waals surface area contributed by atoms with Crippen LogP contribution < -0.4 is 10.1 Å². The van der Waals surface area contributed by atoms with Gasteiger partial charge in [0.25, 0.3) is 5.69 Å². The van der Waals surface area contributed by atoms with Crippen LogP contribution in [0.2, 0.25) is 5.02 Å². The summed E-state index contributed by atoms with van der Waals surface area (Å²) in [6.07, 6.45) is 2.84. The molecule has 0 bridgehead atoms. The molecular formula is C16H13ClN2O4. The lowest BCUT2D eigenvalue weighted by Gasteiger charge is -2.05. The Balaban J connectivity index is 2.15. The second-order valence-electron chi connectivity index (χ2n) is 4.52. The maximum Gasteiger partial charge on any atom is 0.296 e. The number of rotatable bonds is 5. The molecule has 2 rings (SSSR count). The number of nitrogens with zero attached hydrogens (tertiary/aromatic N) is 1. The molecule has 118 valence electrons. The lowest BCUT2D eigenvalue weighted by molar-refractivity contribution is -0.384. The second kappa shape index (κ2) is 7.42. The van der Waals surface area contributed by atoms with Gasteiger partial charge in [-0.25, -0.2) is 0 Å². The van der Waals surface area contributed by atoms with E-state index in [1.165, 1.54) is 31.4 Å². The molecule has 0 aliphatic heterocycles. The number of ether oxygens (including phenoxy) is 1. The first-order chi connectivity index (χ1) is 11.0. The molecule has 0 aromatic heterocycles. The minimum Gasteiger partial charge on any atom is -0.496 e. The molecule has 6 nitrogen and oxygen atoms in total. The van der Waals surface area contributed by atoms with Gasteiger partial charge in [-0.05, 0) is 35.9 Å². The number of amides is 1. The summed E-state index contributed by atoms with van der Waals surface area (Å²) >= 11 is 5.85. The van der Waals surface area contributed by atoms with Crippen LogP contribution in [0.15, 0.2) is 48.5 Å². The first-order valence-corrected chi connectivity index (χ1v) is 6.94. The first kappa shape index (κ1) is 16.5. The molecule has 0 heterocycles. The van der Waals surface area contributed by atoms with E-state index in [1.54, 1.807) is 30.3 Å². The van der Waals surface area contributed by atoms with E-state index >= 15 is 0 Å². The van der Waals surface area contributed by atoms with Gasteiger partial charge in [0, 0.05) is 11.1 Å². The Hall–Kier alpha value is -2.86. The molecule has 0 saturated carbocycles. The molecular weight excluding hydrogens is 320 g/mol. The van der Waals surface area contributed by atoms with Gasteiger partial charge in [-0.15, -0.1) is 0 Å². The van der Waals surface area contributed by atoms with Gasteiger partial charge in [-0.2, -0.15) is 0 Å². The third-order valence-electron chi connectivity index (χ3n) is 2.94. The summed E-state index contributed by atoms with van der Waals surface area (Å²) in [6, 6.07) is 11.2. The molecule has 23 heavy (non-hydrogen) atoms. The third kappa shape index (κ3) is 4.55. The fourth-order valence-electron chi connectivity index (χ4n) is 1.85. The highest BCUT2D eigenvalue weighted by atomic mass is 35.5. The van der Waals surface area contributed by atoms with Gasteiger partial charge in [-0.1, -0.05) is 23.7 Å². The molecule has 0 radical (unpaired) electrons. The monoisotopic (exact) mass is 332 g/mol. The summed E-state index contributed by atoms with van der Waals surface area (Å²) in [4.78, 5) is 22.4. The second-order valence-corrected chi connectivity index (χ2v) is 4.95. The molecule has 0 spiro atoms. The number of halogens is 1. The van der Waals surface area contributed by atoms with Crippen molar-refractivity contribution in [2.75, 3.05) is 12.4 Å². The van der Waals surface area contributed by atoms with Crippen LogP contribution in [0.25, 0.3) is 6.08 Å². The molecule has 2 aromatic carbocycles.